The summed E-state index contributed by atoms with van der Waals surface area (Å²) in [5.41, 5.74) is -0.626. The van der Waals surface area contributed by atoms with E-state index in [1.165, 1.54) is 30.9 Å². The Morgan fingerprint density at radius 1 is 1.29 bits per heavy atom. The van der Waals surface area contributed by atoms with Crippen molar-refractivity contribution >= 4 is 34.6 Å². The first kappa shape index (κ1) is 19.6. The van der Waals surface area contributed by atoms with Crippen molar-refractivity contribution in [2.75, 3.05) is 17.3 Å². The van der Waals surface area contributed by atoms with Crippen molar-refractivity contribution in [2.24, 2.45) is 0 Å². The fraction of sp³-hybridized carbons (Fsp3) is 0.500. The second-order valence-electron chi connectivity index (χ2n) is 5.08. The number of nitro benzene ring substituents is 2. The molecule has 1 atom stereocenters. The Morgan fingerprint density at radius 2 is 1.79 bits per heavy atom. The average Bonchev–Trinajstić information content (AvgIpc) is 2.51. The van der Waals surface area contributed by atoms with Crippen LogP contribution in [0.5, 0.6) is 0 Å². The summed E-state index contributed by atoms with van der Waals surface area (Å²) in [5, 5.41) is 22.8. The Bertz CT molecular complexity index is 616. The Labute approximate surface area is 143 Å². The van der Waals surface area contributed by atoms with Crippen molar-refractivity contribution in [3.63, 3.8) is 0 Å². The van der Waals surface area contributed by atoms with E-state index in [0.29, 0.717) is 12.0 Å². The molecule has 0 aromatic heterocycles. The maximum atomic E-state index is 11.4. The molecule has 0 saturated carbocycles. The molecule has 9 nitrogen and oxygen atoms in total. The summed E-state index contributed by atoms with van der Waals surface area (Å²) < 4.78 is 5.08. The Morgan fingerprint density at radius 3 is 2.17 bits per heavy atom. The lowest BCUT2D eigenvalue weighted by Gasteiger charge is -2.29. The molecule has 1 aromatic rings. The first-order chi connectivity index (χ1) is 11.2. The fourth-order valence-electron chi connectivity index (χ4n) is 2.32. The van der Waals surface area contributed by atoms with Crippen LogP contribution in [0.3, 0.4) is 0 Å². The molecule has 24 heavy (non-hydrogen) atoms. The molecule has 0 aliphatic rings. The molecule has 1 aromatic carbocycles. The molecule has 1 rings (SSSR count). The number of carbonyl (C=O) groups excluding carboxylic acids is 1. The number of rotatable bonds is 8. The maximum absolute atomic E-state index is 11.4. The quantitative estimate of drug-likeness (QED) is 0.230. The van der Waals surface area contributed by atoms with Crippen molar-refractivity contribution in [3.8, 4) is 0 Å². The monoisotopic (exact) mass is 359 g/mol. The summed E-state index contributed by atoms with van der Waals surface area (Å²) >= 11 is 5.40. The van der Waals surface area contributed by atoms with E-state index >= 15 is 0 Å². The molecule has 0 aliphatic carbocycles. The summed E-state index contributed by atoms with van der Waals surface area (Å²) in [4.78, 5) is 34.1. The maximum Gasteiger partial charge on any atom is 0.322 e. The minimum atomic E-state index is -0.948. The molecule has 0 N–H and O–H groups in total. The van der Waals surface area contributed by atoms with Gasteiger partial charge in [-0.1, -0.05) is 6.92 Å². The van der Waals surface area contributed by atoms with E-state index in [2.05, 4.69) is 0 Å². The average molecular weight is 360 g/mol. The van der Waals surface area contributed by atoms with E-state index in [9.17, 15) is 25.0 Å². The Balaban J connectivity index is 3.53. The number of aryl methyl sites for hydroxylation is 1. The van der Waals surface area contributed by atoms with Gasteiger partial charge in [0.05, 0.1) is 9.85 Å². The lowest BCUT2D eigenvalue weighted by Crippen LogP contribution is -2.38. The number of anilines is 1. The number of hydrogen-bond donors (Lipinski definition) is 0. The van der Waals surface area contributed by atoms with Gasteiger partial charge in [-0.05, 0) is 25.8 Å². The zero-order valence-corrected chi connectivity index (χ0v) is 14.3. The number of esters is 1. The van der Waals surface area contributed by atoms with E-state index in [4.69, 9.17) is 16.3 Å². The Hall–Kier alpha value is -2.42. The van der Waals surface area contributed by atoms with Crippen LogP contribution in [0, 0.1) is 27.2 Å². The number of carbonyl (C=O) groups is 1. The predicted molar refractivity (Wildman–Crippen MR) is 88.4 cm³/mol. The summed E-state index contributed by atoms with van der Waals surface area (Å²) in [6, 6.07) is 2.50. The van der Waals surface area contributed by atoms with Crippen molar-refractivity contribution < 1.29 is 19.4 Å². The van der Waals surface area contributed by atoms with Crippen LogP contribution in [-0.4, -0.2) is 34.5 Å². The Kier molecular flexibility index (Phi) is 6.90. The molecule has 0 aliphatic heterocycles. The summed E-state index contributed by atoms with van der Waals surface area (Å²) in [5.74, 6) is -1.11. The molecule has 0 saturated heterocycles. The van der Waals surface area contributed by atoms with Crippen molar-refractivity contribution in [1.29, 1.82) is 0 Å². The molecule has 0 fully saturated rings. The van der Waals surface area contributed by atoms with Crippen molar-refractivity contribution in [2.45, 2.75) is 33.4 Å². The summed E-state index contributed by atoms with van der Waals surface area (Å²) in [6.45, 7) is 5.04. The third kappa shape index (κ3) is 4.54. The van der Waals surface area contributed by atoms with Gasteiger partial charge in [-0.15, -0.1) is 11.6 Å². The van der Waals surface area contributed by atoms with Gasteiger partial charge in [0.15, 0.2) is 11.9 Å². The van der Waals surface area contributed by atoms with Gasteiger partial charge in [0.25, 0.3) is 11.4 Å². The molecular formula is C14H18ClN3O6. The highest BCUT2D eigenvalue weighted by atomic mass is 35.5. The van der Waals surface area contributed by atoms with Gasteiger partial charge >= 0.3 is 5.97 Å². The van der Waals surface area contributed by atoms with E-state index < -0.39 is 33.4 Å². The highest BCUT2D eigenvalue weighted by molar-refractivity contribution is 6.26. The number of alkyl halides is 1. The zero-order chi connectivity index (χ0) is 18.4. The molecular weight excluding hydrogens is 342 g/mol. The molecule has 10 heteroatoms. The minimum absolute atomic E-state index is 0.188. The standard InChI is InChI=1S/C14H18ClN3O6/c1-4-5-16(10(3)24-13(19)8-15)14-11(17(20)21)6-9(2)7-12(14)18(22)23/h6-7,10H,4-5,8H2,1-3H3. The third-order valence-electron chi connectivity index (χ3n) is 3.21. The normalized spacial score (nSPS) is 11.7. The van der Waals surface area contributed by atoms with Gasteiger partial charge in [-0.2, -0.15) is 0 Å². The number of benzene rings is 1. The molecule has 0 bridgehead atoms. The van der Waals surface area contributed by atoms with Gasteiger partial charge in [0.1, 0.15) is 5.88 Å². The van der Waals surface area contributed by atoms with Crippen LogP contribution in [0.1, 0.15) is 25.8 Å². The smallest absolute Gasteiger partial charge is 0.322 e. The lowest BCUT2D eigenvalue weighted by atomic mass is 10.1. The molecule has 0 radical (unpaired) electrons. The SMILES string of the molecule is CCCN(c1c([N+](=O)[O-])cc(C)cc1[N+](=O)[O-])C(C)OC(=O)CCl. The van der Waals surface area contributed by atoms with Gasteiger partial charge in [-0.25, -0.2) is 0 Å². The van der Waals surface area contributed by atoms with Crippen LogP contribution in [0.25, 0.3) is 0 Å². The summed E-state index contributed by atoms with van der Waals surface area (Å²) in [6.07, 6.45) is -0.415. The van der Waals surface area contributed by atoms with Crippen LogP contribution >= 0.6 is 11.6 Å². The number of ether oxygens (including phenoxy) is 1. The number of halogens is 1. The second-order valence-corrected chi connectivity index (χ2v) is 5.35. The van der Waals surface area contributed by atoms with Crippen molar-refractivity contribution in [3.05, 3.63) is 37.9 Å². The van der Waals surface area contributed by atoms with Gasteiger partial charge < -0.3 is 9.64 Å². The highest BCUT2D eigenvalue weighted by Crippen LogP contribution is 2.39. The second kappa shape index (κ2) is 8.44. The lowest BCUT2D eigenvalue weighted by molar-refractivity contribution is -0.392. The van der Waals surface area contributed by atoms with Crippen LogP contribution in [0.4, 0.5) is 17.1 Å². The molecule has 0 heterocycles. The fourth-order valence-corrected chi connectivity index (χ4v) is 2.38. The first-order valence-corrected chi connectivity index (χ1v) is 7.71. The van der Waals surface area contributed by atoms with Gasteiger partial charge in [0, 0.05) is 18.7 Å². The largest absolute Gasteiger partial charge is 0.441 e. The number of nitrogens with zero attached hydrogens (tertiary/aromatic N) is 3. The number of hydrogen-bond acceptors (Lipinski definition) is 7. The predicted octanol–water partition coefficient (Wildman–Crippen LogP) is 3.16. The van der Waals surface area contributed by atoms with Crippen LogP contribution in [0.2, 0.25) is 0 Å². The van der Waals surface area contributed by atoms with Crippen LogP contribution in [0.15, 0.2) is 12.1 Å². The van der Waals surface area contributed by atoms with Gasteiger partial charge in [0.2, 0.25) is 0 Å². The van der Waals surface area contributed by atoms with Gasteiger partial charge in [-0.3, -0.25) is 25.0 Å². The zero-order valence-electron chi connectivity index (χ0n) is 13.5. The topological polar surface area (TPSA) is 116 Å². The van der Waals surface area contributed by atoms with E-state index in [-0.39, 0.29) is 18.1 Å². The van der Waals surface area contributed by atoms with Crippen LogP contribution in [-0.2, 0) is 9.53 Å². The van der Waals surface area contributed by atoms with E-state index in [1.807, 2.05) is 0 Å². The van der Waals surface area contributed by atoms with Crippen molar-refractivity contribution in [1.82, 2.24) is 0 Å². The molecule has 0 amide bonds. The summed E-state index contributed by atoms with van der Waals surface area (Å²) in [7, 11) is 0. The van der Waals surface area contributed by atoms with Crippen LogP contribution < -0.4 is 4.90 Å². The highest BCUT2D eigenvalue weighted by Gasteiger charge is 2.33. The first-order valence-electron chi connectivity index (χ1n) is 7.18. The number of nitro groups is 2. The van der Waals surface area contributed by atoms with E-state index in [1.54, 1.807) is 6.92 Å². The van der Waals surface area contributed by atoms with E-state index in [0.717, 1.165) is 0 Å². The third-order valence-corrected chi connectivity index (χ3v) is 3.43. The minimum Gasteiger partial charge on any atom is -0.441 e. The molecule has 0 spiro atoms. The molecule has 1 unspecified atom stereocenters. The molecule has 132 valence electrons.